The molecule has 0 amide bonds. The quantitative estimate of drug-likeness (QED) is 0.651. The molecular weight excluding hydrogens is 242 g/mol. The van der Waals surface area contributed by atoms with Gasteiger partial charge in [0.05, 0.1) is 41.9 Å². The number of aromatic amines is 1. The molecule has 0 saturated carbocycles. The van der Waals surface area contributed by atoms with Crippen molar-refractivity contribution in [2.45, 2.75) is 6.04 Å². The number of benzene rings is 1. The highest BCUT2D eigenvalue weighted by molar-refractivity contribution is 5.81. The number of aliphatic hydroxyl groups excluding tert-OH is 1. The largest absolute Gasteiger partial charge is 0.394 e. The monoisotopic (exact) mass is 257 g/mol. The summed E-state index contributed by atoms with van der Waals surface area (Å²) in [4.78, 5) is 11.6. The molecule has 0 aliphatic heterocycles. The maximum Gasteiger partial charge on any atom is 0.125 e. The molecule has 0 bridgehead atoms. The topological polar surface area (TPSA) is 92.8 Å². The number of nitrogens with two attached hydrogens (primary N) is 1. The first-order valence-corrected chi connectivity index (χ1v) is 6.02. The van der Waals surface area contributed by atoms with Gasteiger partial charge in [0.2, 0.25) is 0 Å². The van der Waals surface area contributed by atoms with Gasteiger partial charge in [0.25, 0.3) is 0 Å². The SMILES string of the molecule is Cn1cnc2cc(-c3cnc(C(N)CO)[nH]3)ccc21. The summed E-state index contributed by atoms with van der Waals surface area (Å²) >= 11 is 0. The zero-order chi connectivity index (χ0) is 13.4. The van der Waals surface area contributed by atoms with Gasteiger partial charge in [-0.1, -0.05) is 6.07 Å². The van der Waals surface area contributed by atoms with E-state index in [-0.39, 0.29) is 6.61 Å². The standard InChI is InChI=1S/C13H15N5O/c1-18-7-16-10-4-8(2-3-12(10)18)11-5-15-13(17-11)9(14)6-19/h2-5,7,9,19H,6,14H2,1H3,(H,15,17). The molecular formula is C13H15N5O. The number of nitrogens with one attached hydrogen (secondary N) is 1. The van der Waals surface area contributed by atoms with Gasteiger partial charge in [-0.05, 0) is 12.1 Å². The van der Waals surface area contributed by atoms with Gasteiger partial charge in [0.15, 0.2) is 0 Å². The van der Waals surface area contributed by atoms with E-state index in [9.17, 15) is 0 Å². The lowest BCUT2D eigenvalue weighted by Gasteiger charge is -2.03. The second-order valence-corrected chi connectivity index (χ2v) is 4.53. The summed E-state index contributed by atoms with van der Waals surface area (Å²) in [6, 6.07) is 5.54. The molecule has 2 heterocycles. The number of H-pyrrole nitrogens is 1. The van der Waals surface area contributed by atoms with E-state index in [0.717, 1.165) is 22.3 Å². The lowest BCUT2D eigenvalue weighted by atomic mass is 10.1. The Morgan fingerprint density at radius 2 is 2.26 bits per heavy atom. The molecule has 0 aliphatic rings. The molecule has 1 unspecified atom stereocenters. The molecule has 0 radical (unpaired) electrons. The number of rotatable bonds is 3. The molecule has 19 heavy (non-hydrogen) atoms. The van der Waals surface area contributed by atoms with Crippen LogP contribution in [-0.4, -0.2) is 31.2 Å². The van der Waals surface area contributed by atoms with Gasteiger partial charge in [-0.25, -0.2) is 9.97 Å². The molecule has 2 aromatic heterocycles. The normalized spacial score (nSPS) is 13.0. The van der Waals surface area contributed by atoms with Crippen LogP contribution in [0.2, 0.25) is 0 Å². The average molecular weight is 257 g/mol. The lowest BCUT2D eigenvalue weighted by Crippen LogP contribution is -2.15. The van der Waals surface area contributed by atoms with Crippen LogP contribution in [0.4, 0.5) is 0 Å². The summed E-state index contributed by atoms with van der Waals surface area (Å²) < 4.78 is 1.97. The Bertz CT molecular complexity index is 715. The van der Waals surface area contributed by atoms with Crippen LogP contribution in [0.3, 0.4) is 0 Å². The lowest BCUT2D eigenvalue weighted by molar-refractivity contribution is 0.264. The third-order valence-corrected chi connectivity index (χ3v) is 3.18. The molecule has 0 spiro atoms. The Balaban J connectivity index is 2.01. The highest BCUT2D eigenvalue weighted by Gasteiger charge is 2.10. The van der Waals surface area contributed by atoms with E-state index in [2.05, 4.69) is 15.0 Å². The first-order valence-electron chi connectivity index (χ1n) is 6.02. The molecule has 6 nitrogen and oxygen atoms in total. The van der Waals surface area contributed by atoms with Crippen LogP contribution < -0.4 is 5.73 Å². The second kappa shape index (κ2) is 4.49. The summed E-state index contributed by atoms with van der Waals surface area (Å²) in [5, 5.41) is 9.01. The molecule has 1 atom stereocenters. The number of aromatic nitrogens is 4. The molecule has 4 N–H and O–H groups in total. The van der Waals surface area contributed by atoms with Gasteiger partial charge in [0, 0.05) is 12.6 Å². The van der Waals surface area contributed by atoms with Crippen molar-refractivity contribution in [1.82, 2.24) is 19.5 Å². The fourth-order valence-electron chi connectivity index (χ4n) is 2.06. The van der Waals surface area contributed by atoms with E-state index in [1.807, 2.05) is 29.8 Å². The number of aliphatic hydroxyl groups is 1. The number of aryl methyl sites for hydroxylation is 1. The van der Waals surface area contributed by atoms with E-state index >= 15 is 0 Å². The van der Waals surface area contributed by atoms with Crippen LogP contribution in [0, 0.1) is 0 Å². The minimum atomic E-state index is -0.479. The number of nitrogens with zero attached hydrogens (tertiary/aromatic N) is 3. The molecule has 0 aliphatic carbocycles. The maximum atomic E-state index is 9.01. The Hall–Kier alpha value is -2.18. The number of hydrogen-bond donors (Lipinski definition) is 3. The van der Waals surface area contributed by atoms with Crippen molar-refractivity contribution in [3.8, 4) is 11.3 Å². The summed E-state index contributed by atoms with van der Waals surface area (Å²) in [7, 11) is 1.96. The van der Waals surface area contributed by atoms with E-state index in [4.69, 9.17) is 10.8 Å². The fourth-order valence-corrected chi connectivity index (χ4v) is 2.06. The molecule has 1 aromatic carbocycles. The minimum Gasteiger partial charge on any atom is -0.394 e. The highest BCUT2D eigenvalue weighted by atomic mass is 16.3. The molecule has 3 aromatic rings. The summed E-state index contributed by atoms with van der Waals surface area (Å²) in [6.45, 7) is -0.133. The smallest absolute Gasteiger partial charge is 0.125 e. The van der Waals surface area contributed by atoms with Gasteiger partial charge >= 0.3 is 0 Å². The Morgan fingerprint density at radius 1 is 1.42 bits per heavy atom. The second-order valence-electron chi connectivity index (χ2n) is 4.53. The molecule has 0 saturated heterocycles. The number of imidazole rings is 2. The van der Waals surface area contributed by atoms with E-state index in [0.29, 0.717) is 5.82 Å². The Kier molecular flexibility index (Phi) is 2.81. The van der Waals surface area contributed by atoms with Gasteiger partial charge in [-0.15, -0.1) is 0 Å². The van der Waals surface area contributed by atoms with Gasteiger partial charge < -0.3 is 20.4 Å². The first kappa shape index (κ1) is 11.9. The predicted molar refractivity (Wildman–Crippen MR) is 72.3 cm³/mol. The highest BCUT2D eigenvalue weighted by Crippen LogP contribution is 2.22. The van der Waals surface area contributed by atoms with Gasteiger partial charge in [-0.2, -0.15) is 0 Å². The van der Waals surface area contributed by atoms with Crippen LogP contribution in [0.15, 0.2) is 30.7 Å². The van der Waals surface area contributed by atoms with Gasteiger partial charge in [0.1, 0.15) is 5.82 Å². The number of hydrogen-bond acceptors (Lipinski definition) is 4. The first-order chi connectivity index (χ1) is 9.19. The van der Waals surface area contributed by atoms with Crippen molar-refractivity contribution >= 4 is 11.0 Å². The van der Waals surface area contributed by atoms with Gasteiger partial charge in [-0.3, -0.25) is 0 Å². The third kappa shape index (κ3) is 2.00. The van der Waals surface area contributed by atoms with Crippen molar-refractivity contribution < 1.29 is 5.11 Å². The molecule has 0 fully saturated rings. The van der Waals surface area contributed by atoms with E-state index < -0.39 is 6.04 Å². The molecule has 98 valence electrons. The van der Waals surface area contributed by atoms with E-state index in [1.54, 1.807) is 12.5 Å². The van der Waals surface area contributed by atoms with Crippen LogP contribution >= 0.6 is 0 Å². The zero-order valence-corrected chi connectivity index (χ0v) is 10.5. The Morgan fingerprint density at radius 3 is 3.05 bits per heavy atom. The van der Waals surface area contributed by atoms with Crippen LogP contribution in [-0.2, 0) is 7.05 Å². The van der Waals surface area contributed by atoms with Crippen LogP contribution in [0.25, 0.3) is 22.3 Å². The average Bonchev–Trinajstić information content (AvgIpc) is 3.05. The minimum absolute atomic E-state index is 0.133. The number of fused-ring (bicyclic) bond motifs is 1. The summed E-state index contributed by atoms with van der Waals surface area (Å²) in [6.07, 6.45) is 3.50. The summed E-state index contributed by atoms with van der Waals surface area (Å²) in [5.74, 6) is 0.582. The predicted octanol–water partition coefficient (Wildman–Crippen LogP) is 0.955. The van der Waals surface area contributed by atoms with Crippen molar-refractivity contribution in [3.63, 3.8) is 0 Å². The third-order valence-electron chi connectivity index (χ3n) is 3.18. The zero-order valence-electron chi connectivity index (χ0n) is 10.5. The van der Waals surface area contributed by atoms with Crippen molar-refractivity contribution in [2.24, 2.45) is 12.8 Å². The van der Waals surface area contributed by atoms with Crippen molar-refractivity contribution in [2.75, 3.05) is 6.61 Å². The Labute approximate surface area is 109 Å². The van der Waals surface area contributed by atoms with Crippen molar-refractivity contribution in [1.29, 1.82) is 0 Å². The van der Waals surface area contributed by atoms with Crippen molar-refractivity contribution in [3.05, 3.63) is 36.5 Å². The molecule has 6 heteroatoms. The fraction of sp³-hybridized carbons (Fsp3) is 0.231. The van der Waals surface area contributed by atoms with E-state index in [1.165, 1.54) is 0 Å². The summed E-state index contributed by atoms with van der Waals surface area (Å²) in [5.41, 5.74) is 9.59. The maximum absolute atomic E-state index is 9.01. The van der Waals surface area contributed by atoms with Crippen LogP contribution in [0.5, 0.6) is 0 Å². The molecule has 3 rings (SSSR count). The van der Waals surface area contributed by atoms with Crippen LogP contribution in [0.1, 0.15) is 11.9 Å².